The molecule has 28 heavy (non-hydrogen) atoms. The van der Waals surface area contributed by atoms with Gasteiger partial charge in [-0.3, -0.25) is 9.48 Å². The van der Waals surface area contributed by atoms with Gasteiger partial charge >= 0.3 is 0 Å². The summed E-state index contributed by atoms with van der Waals surface area (Å²) in [6.07, 6.45) is 4.05. The van der Waals surface area contributed by atoms with Gasteiger partial charge in [0, 0.05) is 11.8 Å². The average Bonchev–Trinajstić information content (AvgIpc) is 3.34. The number of carbonyl (C=O) groups is 1. The lowest BCUT2D eigenvalue weighted by molar-refractivity contribution is 0.112. The minimum absolute atomic E-state index is 0.337. The second kappa shape index (κ2) is 7.92. The topological polar surface area (TPSA) is 70.2 Å². The maximum absolute atomic E-state index is 10.7. The Hall–Kier alpha value is -3.67. The second-order valence-corrected chi connectivity index (χ2v) is 6.41. The fourth-order valence-electron chi connectivity index (χ4n) is 2.82. The summed E-state index contributed by atoms with van der Waals surface area (Å²) in [4.78, 5) is 15.3. The normalized spacial score (nSPS) is 10.8. The summed E-state index contributed by atoms with van der Waals surface area (Å²) in [5.74, 6) is 2.10. The lowest BCUT2D eigenvalue weighted by Gasteiger charge is -2.06. The number of hydrogen-bond acceptors (Lipinski definition) is 5. The van der Waals surface area contributed by atoms with Gasteiger partial charge < -0.3 is 9.15 Å². The highest BCUT2D eigenvalue weighted by Crippen LogP contribution is 2.22. The molecule has 0 saturated carbocycles. The van der Waals surface area contributed by atoms with E-state index < -0.39 is 0 Å². The number of benzene rings is 2. The first kappa shape index (κ1) is 17.7. The number of aromatic nitrogens is 3. The number of aldehydes is 1. The first-order valence-electron chi connectivity index (χ1n) is 8.92. The SMILES string of the molecule is Cc1oc(-c2ccccc2)nc1COc1ccc(Cn2cc(C=O)cn2)cc1. The first-order valence-corrected chi connectivity index (χ1v) is 8.92. The van der Waals surface area contributed by atoms with Crippen LogP contribution in [-0.2, 0) is 13.2 Å². The predicted molar refractivity (Wildman–Crippen MR) is 104 cm³/mol. The van der Waals surface area contributed by atoms with Crippen LogP contribution in [0.3, 0.4) is 0 Å². The summed E-state index contributed by atoms with van der Waals surface area (Å²) in [5.41, 5.74) is 3.35. The number of ether oxygens (including phenoxy) is 1. The van der Waals surface area contributed by atoms with Gasteiger partial charge in [-0.25, -0.2) is 4.98 Å². The fraction of sp³-hybridized carbons (Fsp3) is 0.136. The third-order valence-electron chi connectivity index (χ3n) is 4.35. The zero-order chi connectivity index (χ0) is 19.3. The standard InChI is InChI=1S/C22H19N3O3/c1-16-21(24-22(28-16)19-5-3-2-4-6-19)15-27-20-9-7-17(8-10-20)12-25-13-18(14-26)11-23-25/h2-11,13-14H,12,15H2,1H3. The highest BCUT2D eigenvalue weighted by atomic mass is 16.5. The number of rotatable bonds is 7. The van der Waals surface area contributed by atoms with E-state index in [1.165, 1.54) is 0 Å². The molecule has 4 rings (SSSR count). The van der Waals surface area contributed by atoms with E-state index in [0.29, 0.717) is 24.6 Å². The summed E-state index contributed by atoms with van der Waals surface area (Å²) >= 11 is 0. The van der Waals surface area contributed by atoms with Crippen LogP contribution in [-0.4, -0.2) is 21.1 Å². The van der Waals surface area contributed by atoms with Gasteiger partial charge in [0.2, 0.25) is 5.89 Å². The molecule has 2 heterocycles. The van der Waals surface area contributed by atoms with Crippen LogP contribution in [0.1, 0.15) is 27.4 Å². The van der Waals surface area contributed by atoms with Crippen molar-refractivity contribution in [3.05, 3.63) is 89.6 Å². The molecule has 0 aliphatic carbocycles. The van der Waals surface area contributed by atoms with Crippen LogP contribution in [0.5, 0.6) is 5.75 Å². The first-order chi connectivity index (χ1) is 13.7. The van der Waals surface area contributed by atoms with E-state index >= 15 is 0 Å². The molecule has 6 heteroatoms. The van der Waals surface area contributed by atoms with Gasteiger partial charge in [-0.1, -0.05) is 30.3 Å². The smallest absolute Gasteiger partial charge is 0.226 e. The maximum Gasteiger partial charge on any atom is 0.226 e. The molecule has 2 aromatic carbocycles. The Morgan fingerprint density at radius 1 is 1.11 bits per heavy atom. The van der Waals surface area contributed by atoms with Gasteiger partial charge in [-0.15, -0.1) is 0 Å². The Balaban J connectivity index is 1.38. The van der Waals surface area contributed by atoms with Crippen molar-refractivity contribution in [2.24, 2.45) is 0 Å². The third-order valence-corrected chi connectivity index (χ3v) is 4.35. The van der Waals surface area contributed by atoms with Crippen molar-refractivity contribution in [3.63, 3.8) is 0 Å². The molecule has 0 spiro atoms. The quantitative estimate of drug-likeness (QED) is 0.452. The molecule has 6 nitrogen and oxygen atoms in total. The predicted octanol–water partition coefficient (Wildman–Crippen LogP) is 4.29. The van der Waals surface area contributed by atoms with Crippen LogP contribution in [0, 0.1) is 6.92 Å². The molecule has 0 atom stereocenters. The highest BCUT2D eigenvalue weighted by molar-refractivity contribution is 5.73. The molecule has 4 aromatic rings. The number of carbonyl (C=O) groups excluding carboxylic acids is 1. The van der Waals surface area contributed by atoms with Crippen molar-refractivity contribution in [1.29, 1.82) is 0 Å². The Bertz CT molecular complexity index is 1070. The summed E-state index contributed by atoms with van der Waals surface area (Å²) in [6.45, 7) is 2.82. The number of hydrogen-bond donors (Lipinski definition) is 0. The van der Waals surface area contributed by atoms with Crippen molar-refractivity contribution in [2.45, 2.75) is 20.1 Å². The van der Waals surface area contributed by atoms with E-state index in [0.717, 1.165) is 34.6 Å². The molecular formula is C22H19N3O3. The number of aryl methyl sites for hydroxylation is 1. The van der Waals surface area contributed by atoms with Gasteiger partial charge in [0.1, 0.15) is 23.8 Å². The van der Waals surface area contributed by atoms with Gasteiger partial charge in [0.25, 0.3) is 0 Å². The van der Waals surface area contributed by atoms with Crippen LogP contribution >= 0.6 is 0 Å². The lowest BCUT2D eigenvalue weighted by Crippen LogP contribution is -2.01. The van der Waals surface area contributed by atoms with Crippen LogP contribution in [0.15, 0.2) is 71.4 Å². The van der Waals surface area contributed by atoms with Crippen molar-refractivity contribution in [1.82, 2.24) is 14.8 Å². The van der Waals surface area contributed by atoms with Gasteiger partial charge in [-0.2, -0.15) is 5.10 Å². The molecule has 2 aromatic heterocycles. The Morgan fingerprint density at radius 2 is 1.89 bits per heavy atom. The van der Waals surface area contributed by atoms with Crippen molar-refractivity contribution >= 4 is 6.29 Å². The molecule has 0 N–H and O–H groups in total. The molecule has 0 fully saturated rings. The molecule has 0 bridgehead atoms. The van der Waals surface area contributed by atoms with Crippen LogP contribution in [0.25, 0.3) is 11.5 Å². The summed E-state index contributed by atoms with van der Waals surface area (Å²) in [5, 5.41) is 4.15. The largest absolute Gasteiger partial charge is 0.487 e. The lowest BCUT2D eigenvalue weighted by atomic mass is 10.2. The summed E-state index contributed by atoms with van der Waals surface area (Å²) < 4.78 is 13.3. The van der Waals surface area contributed by atoms with Crippen LogP contribution in [0.2, 0.25) is 0 Å². The highest BCUT2D eigenvalue weighted by Gasteiger charge is 2.11. The maximum atomic E-state index is 10.7. The molecule has 0 aliphatic heterocycles. The van der Waals surface area contributed by atoms with E-state index in [1.807, 2.05) is 61.5 Å². The second-order valence-electron chi connectivity index (χ2n) is 6.41. The number of nitrogens with zero attached hydrogens (tertiary/aromatic N) is 3. The van der Waals surface area contributed by atoms with E-state index in [1.54, 1.807) is 17.1 Å². The van der Waals surface area contributed by atoms with Crippen molar-refractivity contribution < 1.29 is 13.9 Å². The minimum atomic E-state index is 0.337. The van der Waals surface area contributed by atoms with Crippen molar-refractivity contribution in [2.75, 3.05) is 0 Å². The molecule has 0 saturated heterocycles. The van der Waals surface area contributed by atoms with Crippen molar-refractivity contribution in [3.8, 4) is 17.2 Å². The van der Waals surface area contributed by atoms with E-state index in [4.69, 9.17) is 9.15 Å². The zero-order valence-corrected chi connectivity index (χ0v) is 15.4. The monoisotopic (exact) mass is 373 g/mol. The van der Waals surface area contributed by atoms with Gasteiger partial charge in [-0.05, 0) is 36.8 Å². The van der Waals surface area contributed by atoms with Crippen LogP contribution < -0.4 is 4.74 Å². The zero-order valence-electron chi connectivity index (χ0n) is 15.4. The Kier molecular flexibility index (Phi) is 5.01. The molecule has 0 unspecified atom stereocenters. The van der Waals surface area contributed by atoms with E-state index in [2.05, 4.69) is 10.1 Å². The third kappa shape index (κ3) is 4.01. The molecule has 0 radical (unpaired) electrons. The molecule has 0 aliphatic rings. The molecule has 0 amide bonds. The van der Waals surface area contributed by atoms with Crippen LogP contribution in [0.4, 0.5) is 0 Å². The van der Waals surface area contributed by atoms with E-state index in [9.17, 15) is 4.79 Å². The van der Waals surface area contributed by atoms with Gasteiger partial charge in [0.15, 0.2) is 6.29 Å². The molecular weight excluding hydrogens is 354 g/mol. The summed E-state index contributed by atoms with van der Waals surface area (Å²) in [7, 11) is 0. The Morgan fingerprint density at radius 3 is 2.61 bits per heavy atom. The molecule has 140 valence electrons. The Labute approximate surface area is 162 Å². The fourth-order valence-corrected chi connectivity index (χ4v) is 2.82. The van der Waals surface area contributed by atoms with E-state index in [-0.39, 0.29) is 0 Å². The summed E-state index contributed by atoms with van der Waals surface area (Å²) in [6, 6.07) is 17.6. The number of oxazole rings is 1. The minimum Gasteiger partial charge on any atom is -0.487 e. The van der Waals surface area contributed by atoms with Gasteiger partial charge in [0.05, 0.1) is 18.3 Å². The average molecular weight is 373 g/mol.